The van der Waals surface area contributed by atoms with Crippen molar-refractivity contribution in [2.75, 3.05) is 0 Å². The van der Waals surface area contributed by atoms with Gasteiger partial charge in [-0.1, -0.05) is 59.2 Å². The predicted molar refractivity (Wildman–Crippen MR) is 89.1 cm³/mol. The molecule has 2 rings (SSSR count). The molecule has 21 heavy (non-hydrogen) atoms. The molecule has 0 spiro atoms. The number of hydrogen-bond acceptors (Lipinski definition) is 0. The van der Waals surface area contributed by atoms with E-state index in [4.69, 9.17) is 0 Å². The third-order valence-corrected chi connectivity index (χ3v) is 4.06. The molecule has 2 heteroatoms. The van der Waals surface area contributed by atoms with Gasteiger partial charge in [-0.2, -0.15) is 0 Å². The molecule has 1 aromatic heterocycles. The summed E-state index contributed by atoms with van der Waals surface area (Å²) in [5.41, 5.74) is 4.23. The first-order valence-corrected chi connectivity index (χ1v) is 8.24. The lowest BCUT2D eigenvalue weighted by molar-refractivity contribution is -0.596. The van der Waals surface area contributed by atoms with Crippen LogP contribution in [0.4, 0.5) is 0 Å². The second-order valence-corrected chi connectivity index (χ2v) is 6.51. The van der Waals surface area contributed by atoms with Gasteiger partial charge in [0.1, 0.15) is 18.1 Å². The van der Waals surface area contributed by atoms with Crippen LogP contribution in [0.25, 0.3) is 5.69 Å². The zero-order chi connectivity index (χ0) is 15.4. The van der Waals surface area contributed by atoms with Crippen molar-refractivity contribution in [3.05, 3.63) is 48.0 Å². The van der Waals surface area contributed by atoms with Crippen LogP contribution in [0, 0.1) is 0 Å². The molecule has 0 saturated carbocycles. The lowest BCUT2D eigenvalue weighted by Crippen LogP contribution is -2.31. The molecule has 0 fully saturated rings. The van der Waals surface area contributed by atoms with Gasteiger partial charge in [-0.05, 0) is 18.3 Å². The highest BCUT2D eigenvalue weighted by atomic mass is 15.1. The summed E-state index contributed by atoms with van der Waals surface area (Å²) in [5.74, 6) is 1.07. The summed E-state index contributed by atoms with van der Waals surface area (Å²) in [6.07, 6.45) is 9.10. The maximum absolute atomic E-state index is 2.31. The van der Waals surface area contributed by atoms with E-state index in [9.17, 15) is 0 Å². The molecule has 0 atom stereocenters. The first-order valence-electron chi connectivity index (χ1n) is 8.24. The van der Waals surface area contributed by atoms with Gasteiger partial charge in [-0.3, -0.25) is 0 Å². The fraction of sp³-hybridized carbons (Fsp3) is 0.526. The molecule has 0 saturated heterocycles. The summed E-state index contributed by atoms with van der Waals surface area (Å²) in [4.78, 5) is 0. The molecule has 0 aliphatic heterocycles. The van der Waals surface area contributed by atoms with Crippen LogP contribution in [0.3, 0.4) is 0 Å². The lowest BCUT2D eigenvalue weighted by atomic mass is 9.92. The second kappa shape index (κ2) is 6.93. The molecule has 1 heterocycles. The van der Waals surface area contributed by atoms with Crippen molar-refractivity contribution in [1.29, 1.82) is 0 Å². The van der Waals surface area contributed by atoms with Crippen LogP contribution < -0.4 is 4.57 Å². The van der Waals surface area contributed by atoms with Gasteiger partial charge < -0.3 is 0 Å². The van der Waals surface area contributed by atoms with Gasteiger partial charge in [0.15, 0.2) is 0 Å². The fourth-order valence-corrected chi connectivity index (χ4v) is 2.81. The smallest absolute Gasteiger partial charge is 0.236 e. The number of imidazole rings is 1. The highest BCUT2D eigenvalue weighted by Crippen LogP contribution is 2.27. The van der Waals surface area contributed by atoms with Gasteiger partial charge in [0.25, 0.3) is 0 Å². The van der Waals surface area contributed by atoms with Crippen LogP contribution in [0.1, 0.15) is 70.4 Å². The Hall–Kier alpha value is -1.57. The fourth-order valence-electron chi connectivity index (χ4n) is 2.81. The quantitative estimate of drug-likeness (QED) is 0.673. The number of aromatic nitrogens is 2. The Morgan fingerprint density at radius 2 is 1.67 bits per heavy atom. The maximum Gasteiger partial charge on any atom is 0.248 e. The Labute approximate surface area is 129 Å². The number of rotatable bonds is 6. The molecule has 0 radical (unpaired) electrons. The average molecular weight is 285 g/mol. The van der Waals surface area contributed by atoms with Crippen molar-refractivity contribution in [2.45, 2.75) is 65.8 Å². The van der Waals surface area contributed by atoms with Gasteiger partial charge in [-0.15, -0.1) is 0 Å². The van der Waals surface area contributed by atoms with E-state index in [2.05, 4.69) is 80.7 Å². The zero-order valence-electron chi connectivity index (χ0n) is 14.1. The number of nitrogens with zero attached hydrogens (tertiary/aromatic N) is 2. The molecule has 0 bridgehead atoms. The van der Waals surface area contributed by atoms with Crippen LogP contribution in [0.2, 0.25) is 0 Å². The van der Waals surface area contributed by atoms with E-state index in [1.54, 1.807) is 0 Å². The third-order valence-electron chi connectivity index (χ3n) is 4.06. The molecular formula is C19H29N2+. The summed E-state index contributed by atoms with van der Waals surface area (Å²) < 4.78 is 4.60. The third kappa shape index (κ3) is 3.55. The second-order valence-electron chi connectivity index (χ2n) is 6.51. The first-order chi connectivity index (χ1) is 10.0. The summed E-state index contributed by atoms with van der Waals surface area (Å²) in [6, 6.07) is 6.73. The van der Waals surface area contributed by atoms with Crippen molar-refractivity contribution < 1.29 is 4.57 Å². The van der Waals surface area contributed by atoms with Crippen LogP contribution in [-0.2, 0) is 6.54 Å². The van der Waals surface area contributed by atoms with E-state index < -0.39 is 0 Å². The highest BCUT2D eigenvalue weighted by Gasteiger charge is 2.19. The van der Waals surface area contributed by atoms with Gasteiger partial charge in [0.05, 0.1) is 6.54 Å². The highest BCUT2D eigenvalue weighted by molar-refractivity contribution is 5.45. The summed E-state index contributed by atoms with van der Waals surface area (Å²) in [5, 5.41) is 0. The van der Waals surface area contributed by atoms with Crippen molar-refractivity contribution in [1.82, 2.24) is 4.57 Å². The zero-order valence-corrected chi connectivity index (χ0v) is 14.1. The maximum atomic E-state index is 2.31. The minimum absolute atomic E-state index is 0.533. The minimum atomic E-state index is 0.533. The largest absolute Gasteiger partial charge is 0.248 e. The molecule has 1 aromatic carbocycles. The van der Waals surface area contributed by atoms with E-state index >= 15 is 0 Å². The van der Waals surface area contributed by atoms with Crippen molar-refractivity contribution in [3.8, 4) is 5.69 Å². The van der Waals surface area contributed by atoms with Gasteiger partial charge in [0.2, 0.25) is 6.33 Å². The molecule has 2 nitrogen and oxygen atoms in total. The first kappa shape index (κ1) is 15.8. The Balaban J connectivity index is 2.47. The Kier molecular flexibility index (Phi) is 5.22. The molecule has 0 N–H and O–H groups in total. The lowest BCUT2D eigenvalue weighted by Gasteiger charge is -2.16. The predicted octanol–water partition coefficient (Wildman–Crippen LogP) is 4.81. The van der Waals surface area contributed by atoms with Crippen LogP contribution in [0.5, 0.6) is 0 Å². The van der Waals surface area contributed by atoms with E-state index in [-0.39, 0.29) is 0 Å². The molecule has 0 unspecified atom stereocenters. The van der Waals surface area contributed by atoms with E-state index in [1.165, 1.54) is 29.7 Å². The number of para-hydroxylation sites is 1. The van der Waals surface area contributed by atoms with E-state index in [1.807, 2.05) is 0 Å². The van der Waals surface area contributed by atoms with E-state index in [0.717, 1.165) is 6.54 Å². The Morgan fingerprint density at radius 3 is 2.19 bits per heavy atom. The van der Waals surface area contributed by atoms with Crippen LogP contribution in [-0.4, -0.2) is 4.57 Å². The minimum Gasteiger partial charge on any atom is -0.236 e. The normalized spacial score (nSPS) is 11.6. The Bertz CT molecular complexity index is 553. The molecule has 0 aliphatic carbocycles. The Morgan fingerprint density at radius 1 is 1.05 bits per heavy atom. The van der Waals surface area contributed by atoms with Crippen molar-refractivity contribution >= 4 is 0 Å². The summed E-state index contributed by atoms with van der Waals surface area (Å²) in [7, 11) is 0. The van der Waals surface area contributed by atoms with Gasteiger partial charge in [0, 0.05) is 11.1 Å². The van der Waals surface area contributed by atoms with E-state index in [0.29, 0.717) is 11.8 Å². The van der Waals surface area contributed by atoms with Gasteiger partial charge in [-0.25, -0.2) is 9.13 Å². The van der Waals surface area contributed by atoms with Crippen molar-refractivity contribution in [3.63, 3.8) is 0 Å². The van der Waals surface area contributed by atoms with Crippen LogP contribution in [0.15, 0.2) is 36.9 Å². The summed E-state index contributed by atoms with van der Waals surface area (Å²) >= 11 is 0. The topological polar surface area (TPSA) is 8.81 Å². The SMILES string of the molecule is CCCCn1cc[n+](-c2c(C(C)C)cccc2C(C)C)c1. The van der Waals surface area contributed by atoms with Crippen LogP contribution >= 0.6 is 0 Å². The monoisotopic (exact) mass is 285 g/mol. The molecule has 0 amide bonds. The van der Waals surface area contributed by atoms with Crippen molar-refractivity contribution in [2.24, 2.45) is 0 Å². The molecule has 2 aromatic rings. The average Bonchev–Trinajstić information content (AvgIpc) is 2.92. The molecular weight excluding hydrogens is 256 g/mol. The number of aryl methyl sites for hydroxylation is 1. The molecule has 114 valence electrons. The molecule has 0 aliphatic rings. The van der Waals surface area contributed by atoms with Gasteiger partial charge >= 0.3 is 0 Å². The summed E-state index contributed by atoms with van der Waals surface area (Å²) in [6.45, 7) is 12.4. The number of unbranched alkanes of at least 4 members (excludes halogenated alkanes) is 1. The standard InChI is InChI=1S/C19H29N2/c1-6-7-11-20-12-13-21(14-20)19-17(15(2)3)9-8-10-18(19)16(4)5/h8-10,12-16H,6-7,11H2,1-5H3/q+1. The number of benzene rings is 1. The number of hydrogen-bond donors (Lipinski definition) is 0.